The Morgan fingerprint density at radius 3 is 1.50 bits per heavy atom. The second kappa shape index (κ2) is 41.8. The molecule has 1 fully saturated rings. The summed E-state index contributed by atoms with van der Waals surface area (Å²) in [5, 5.41) is 70.7. The lowest BCUT2D eigenvalue weighted by Crippen LogP contribution is -2.63. The summed E-state index contributed by atoms with van der Waals surface area (Å²) in [6, 6.07) is 19.9. The van der Waals surface area contributed by atoms with E-state index >= 15 is 19.2 Å². The molecule has 2 heterocycles. The maximum atomic E-state index is 15.9. The summed E-state index contributed by atoms with van der Waals surface area (Å²) < 4.78 is 0. The quantitative estimate of drug-likeness (QED) is 0.0309. The van der Waals surface area contributed by atoms with Crippen molar-refractivity contribution in [3.63, 3.8) is 0 Å². The zero-order valence-corrected chi connectivity index (χ0v) is 62.0. The minimum Gasteiger partial charge on any atom is -0.508 e. The number of rotatable bonds is 21. The molecule has 1 aliphatic heterocycles. The van der Waals surface area contributed by atoms with Crippen LogP contribution in [0.15, 0.2) is 140 Å². The number of amides is 11. The number of carbonyl (C=O) groups excluding carboxylic acids is 11. The predicted molar refractivity (Wildman–Crippen MR) is 406 cm³/mol. The van der Waals surface area contributed by atoms with Crippen molar-refractivity contribution >= 4 is 97.5 Å². The predicted octanol–water partition coefficient (Wildman–Crippen LogP) is -0.835. The van der Waals surface area contributed by atoms with E-state index < -0.39 is 150 Å². The number of benzene rings is 5. The summed E-state index contributed by atoms with van der Waals surface area (Å²) in [4.78, 5) is 165. The first-order valence-electron chi connectivity index (χ1n) is 35.3. The molecule has 0 unspecified atom stereocenters. The van der Waals surface area contributed by atoms with Gasteiger partial charge in [0.05, 0.1) is 24.9 Å². The van der Waals surface area contributed by atoms with Crippen LogP contribution >= 0.6 is 21.6 Å². The van der Waals surface area contributed by atoms with E-state index in [1.54, 1.807) is 91.1 Å². The fourth-order valence-corrected chi connectivity index (χ4v) is 14.0. The number of nitrogens with zero attached hydrogens (tertiary/aromatic N) is 1. The van der Waals surface area contributed by atoms with E-state index in [9.17, 15) is 54.0 Å². The van der Waals surface area contributed by atoms with Gasteiger partial charge in [-0.25, -0.2) is 0 Å². The Labute approximate surface area is 628 Å². The minimum atomic E-state index is -1.93. The molecule has 11 amide bonds. The molecule has 0 radical (unpaired) electrons. The number of aliphatic hydroxyl groups is 3. The van der Waals surface area contributed by atoms with Gasteiger partial charge in [-0.3, -0.25) is 52.7 Å². The number of unbranched alkanes of at least 4 members (excludes halogenated alkanes) is 1. The van der Waals surface area contributed by atoms with Crippen LogP contribution in [-0.4, -0.2) is 212 Å². The molecule has 30 nitrogen and oxygen atoms in total. The first-order chi connectivity index (χ1) is 51.1. The molecule has 5 aromatic carbocycles. The van der Waals surface area contributed by atoms with E-state index in [-0.39, 0.29) is 68.4 Å². The number of phenols is 1. The molecule has 0 bridgehead atoms. The Balaban J connectivity index is 1.34. The Morgan fingerprint density at radius 1 is 0.514 bits per heavy atom. The zero-order chi connectivity index (χ0) is 77.9. The lowest BCUT2D eigenvalue weighted by molar-refractivity contribution is -0.143. The fraction of sp³-hybridized carbons (Fsp3) is 0.427. The Bertz CT molecular complexity index is 3970. The Morgan fingerprint density at radius 2 is 0.963 bits per heavy atom. The highest BCUT2D eigenvalue weighted by atomic mass is 33.1. The van der Waals surface area contributed by atoms with Crippen molar-refractivity contribution in [2.24, 2.45) is 17.2 Å². The van der Waals surface area contributed by atoms with E-state index in [0.29, 0.717) is 58.1 Å². The number of phenolic OH excluding ortho intramolecular Hbond substituents is 1. The molecule has 1 aliphatic rings. The number of aliphatic hydroxyl groups excluding tert-OH is 3. The van der Waals surface area contributed by atoms with Crippen molar-refractivity contribution < 1.29 is 73.2 Å². The molecule has 576 valence electrons. The van der Waals surface area contributed by atoms with Crippen LogP contribution in [0, 0.1) is 0 Å². The molecule has 1 aromatic heterocycles. The zero-order valence-electron chi connectivity index (χ0n) is 60.3. The number of aromatic amines is 1. The molecule has 6 aromatic rings. The van der Waals surface area contributed by atoms with Gasteiger partial charge in [-0.05, 0) is 91.2 Å². The number of carbonyl (C=O) groups is 11. The Hall–Kier alpha value is -9.93. The number of fused-ring (bicyclic) bond motifs is 1. The van der Waals surface area contributed by atoms with Crippen LogP contribution in [0.3, 0.4) is 0 Å². The number of aromatic nitrogens is 1. The summed E-state index contributed by atoms with van der Waals surface area (Å²) in [5.74, 6) is -11.4. The molecule has 0 spiro atoms. The van der Waals surface area contributed by atoms with Gasteiger partial charge in [0.25, 0.3) is 0 Å². The van der Waals surface area contributed by atoms with E-state index in [2.05, 4.69) is 58.2 Å². The number of hydrogen-bond acceptors (Lipinski definition) is 20. The third-order valence-electron chi connectivity index (χ3n) is 17.9. The summed E-state index contributed by atoms with van der Waals surface area (Å²) in [6.45, 7) is 5.92. The molecule has 13 atom stereocenters. The molecule has 107 heavy (non-hydrogen) atoms. The lowest BCUT2D eigenvalue weighted by atomic mass is 9.98. The van der Waals surface area contributed by atoms with Crippen molar-refractivity contribution in [1.82, 2.24) is 63.1 Å². The largest absolute Gasteiger partial charge is 0.508 e. The third-order valence-corrected chi connectivity index (χ3v) is 20.4. The van der Waals surface area contributed by atoms with Gasteiger partial charge in [-0.15, -0.1) is 0 Å². The van der Waals surface area contributed by atoms with Crippen LogP contribution < -0.4 is 70.4 Å². The second-order valence-electron chi connectivity index (χ2n) is 26.8. The van der Waals surface area contributed by atoms with Gasteiger partial charge in [0.1, 0.15) is 66.2 Å². The smallest absolute Gasteiger partial charge is 0.245 e. The summed E-state index contributed by atoms with van der Waals surface area (Å²) in [5.41, 5.74) is 22.1. The number of nitrogens with two attached hydrogens (primary N) is 3. The highest BCUT2D eigenvalue weighted by Crippen LogP contribution is 2.25. The summed E-state index contributed by atoms with van der Waals surface area (Å²) >= 11 is 0. The standard InChI is InChI=1S/C75H99N15O15S2/c1-42(2)79-37-49-25-23-48(24-26-49)35-62-72(102)89-64(44(4)93)73(103)84-58(34-47-27-29-51(94)30-28-47)70(100)88-63(43(3)92)74(104)86-60(39-91)71(101)87-61(65(78)95)41-107-106-40-53(77)66(96)81-55(22-14-15-31-76)67(97)82-56(32-45-16-8-6-9-17-45)68(98)83-57(33-46-18-10-7-11-19-46)69(99)85-59(75(105)90(62)5)36-50-38-80-54-21-13-12-20-52(50)54/h6-13,16-21,23-30,38,42-44,53,55-64,79-80,91-94H,14-15,22,31-37,39-41,76-77H2,1-5H3,(H2,78,95)(H,81,96)(H,82,97)(H,83,98)(H,84,103)(H,85,99)(H,86,104)(H,87,101)(H,88,100)(H,89,102)/t43-,44-,53-,55-,56-,57+,58+,59+,60+,61+,62+,63-,64-/m1/s1. The number of hydrogen-bond donors (Lipinski definition) is 18. The highest BCUT2D eigenvalue weighted by Gasteiger charge is 2.40. The minimum absolute atomic E-state index is 0.0377. The summed E-state index contributed by atoms with van der Waals surface area (Å²) in [6.07, 6.45) is -2.12. The second-order valence-corrected chi connectivity index (χ2v) is 29.3. The van der Waals surface area contributed by atoms with E-state index in [1.165, 1.54) is 38.2 Å². The van der Waals surface area contributed by atoms with Crippen molar-refractivity contribution in [2.75, 3.05) is 31.7 Å². The molecule has 0 aliphatic carbocycles. The third kappa shape index (κ3) is 25.9. The first-order valence-corrected chi connectivity index (χ1v) is 37.8. The average Bonchev–Trinajstić information content (AvgIpc) is 1.78. The van der Waals surface area contributed by atoms with Crippen molar-refractivity contribution in [1.29, 1.82) is 0 Å². The molecule has 21 N–H and O–H groups in total. The van der Waals surface area contributed by atoms with Gasteiger partial charge >= 0.3 is 0 Å². The Kier molecular flexibility index (Phi) is 33.0. The van der Waals surface area contributed by atoms with Gasteiger partial charge in [0, 0.05) is 80.3 Å². The maximum absolute atomic E-state index is 15.9. The first kappa shape index (κ1) is 84.3. The number of primary amides is 1. The van der Waals surface area contributed by atoms with Crippen LogP contribution in [0.1, 0.15) is 80.3 Å². The number of aromatic hydroxyl groups is 1. The van der Waals surface area contributed by atoms with Crippen molar-refractivity contribution in [3.8, 4) is 5.75 Å². The number of H-pyrrole nitrogens is 1. The lowest BCUT2D eigenvalue weighted by Gasteiger charge is -2.33. The molecule has 7 rings (SSSR count). The van der Waals surface area contributed by atoms with E-state index in [1.807, 2.05) is 38.1 Å². The molecular weight excluding hydrogens is 1420 g/mol. The highest BCUT2D eigenvalue weighted by molar-refractivity contribution is 8.76. The fourth-order valence-electron chi connectivity index (χ4n) is 11.7. The van der Waals surface area contributed by atoms with E-state index in [0.717, 1.165) is 39.0 Å². The number of nitrogens with one attached hydrogen (secondary N) is 11. The normalized spacial score (nSPS) is 23.7. The number of likely N-dealkylation sites (N-methyl/N-ethyl adjacent to an activating group) is 1. The van der Waals surface area contributed by atoms with Gasteiger partial charge in [0.2, 0.25) is 65.0 Å². The van der Waals surface area contributed by atoms with Crippen LogP contribution in [0.25, 0.3) is 10.9 Å². The van der Waals surface area contributed by atoms with Crippen molar-refractivity contribution in [3.05, 3.63) is 173 Å². The molecule has 32 heteroatoms. The molecule has 0 saturated carbocycles. The van der Waals surface area contributed by atoms with Crippen LogP contribution in [-0.2, 0) is 91.4 Å². The molecular formula is C75H99N15O15S2. The SMILES string of the molecule is CC(C)NCc1ccc(C[C@H]2C(=O)N[C@H]([C@@H](C)O)C(=O)N[C@@H](Cc3ccc(O)cc3)C(=O)N[C@H]([C@@H](C)O)C(=O)N[C@@H](CO)C(=O)N[C@H](C(N)=O)CSSC[C@@H](N)C(=O)N[C@H](CCCCN)C(=O)N[C@H](Cc3ccccc3)C(=O)N[C@@H](Cc3ccccc3)C(=O)N[C@@H](Cc3c[nH]c4ccccc34)C(=O)N2C)cc1. The summed E-state index contributed by atoms with van der Waals surface area (Å²) in [7, 11) is 3.28. The van der Waals surface area contributed by atoms with Crippen LogP contribution in [0.5, 0.6) is 5.75 Å². The average molecular weight is 1510 g/mol. The van der Waals surface area contributed by atoms with Gasteiger partial charge in [0.15, 0.2) is 0 Å². The van der Waals surface area contributed by atoms with Gasteiger partial charge in [-0.2, -0.15) is 0 Å². The van der Waals surface area contributed by atoms with E-state index in [4.69, 9.17) is 17.2 Å². The monoisotopic (exact) mass is 1510 g/mol. The maximum Gasteiger partial charge on any atom is 0.245 e. The van der Waals surface area contributed by atoms with Crippen molar-refractivity contribution in [2.45, 2.75) is 170 Å². The van der Waals surface area contributed by atoms with Crippen LogP contribution in [0.4, 0.5) is 0 Å². The van der Waals surface area contributed by atoms with Crippen LogP contribution in [0.2, 0.25) is 0 Å². The topological polar surface area (TPSA) is 486 Å². The van der Waals surface area contributed by atoms with Gasteiger partial charge in [-0.1, -0.05) is 151 Å². The molecule has 1 saturated heterocycles. The number of para-hydroxylation sites is 1. The van der Waals surface area contributed by atoms with Gasteiger partial charge < -0.3 is 101 Å².